The molecule has 0 atom stereocenters. The van der Waals surface area contributed by atoms with Gasteiger partial charge in [0.15, 0.2) is 5.16 Å². The quantitative estimate of drug-likeness (QED) is 0.467. The fourth-order valence-electron chi connectivity index (χ4n) is 3.30. The minimum absolute atomic E-state index is 0. The molecule has 1 aliphatic heterocycles. The highest BCUT2D eigenvalue weighted by Gasteiger charge is 2.23. The van der Waals surface area contributed by atoms with Crippen LogP contribution in [0.3, 0.4) is 0 Å². The number of thioether (sulfide) groups is 1. The topological polar surface area (TPSA) is 63.0 Å². The molecule has 0 spiro atoms. The van der Waals surface area contributed by atoms with Gasteiger partial charge in [-0.3, -0.25) is 4.90 Å². The molecule has 30 heavy (non-hydrogen) atoms. The van der Waals surface area contributed by atoms with Crippen molar-refractivity contribution < 1.29 is 0 Å². The van der Waals surface area contributed by atoms with Crippen molar-refractivity contribution in [2.75, 3.05) is 43.4 Å². The SMILES string of the molecule is CC(C)c1cc(N2CCN(CCCSc3nncn3C)CC2)nc(C(C)(C)C)n1.Cl. The summed E-state index contributed by atoms with van der Waals surface area (Å²) in [5.74, 6) is 3.52. The second-order valence-electron chi connectivity index (χ2n) is 9.13. The van der Waals surface area contributed by atoms with Crippen molar-refractivity contribution >= 4 is 30.0 Å². The Hall–Kier alpha value is -1.38. The molecule has 0 unspecified atom stereocenters. The Morgan fingerprint density at radius 2 is 1.80 bits per heavy atom. The lowest BCUT2D eigenvalue weighted by Gasteiger charge is -2.36. The molecule has 1 aliphatic rings. The predicted molar refractivity (Wildman–Crippen MR) is 127 cm³/mol. The van der Waals surface area contributed by atoms with Crippen LogP contribution in [-0.2, 0) is 12.5 Å². The van der Waals surface area contributed by atoms with Gasteiger partial charge in [-0.2, -0.15) is 0 Å². The molecule has 168 valence electrons. The molecule has 2 aromatic heterocycles. The van der Waals surface area contributed by atoms with Gasteiger partial charge in [-0.25, -0.2) is 9.97 Å². The lowest BCUT2D eigenvalue weighted by atomic mass is 9.95. The minimum Gasteiger partial charge on any atom is -0.354 e. The highest BCUT2D eigenvalue weighted by atomic mass is 35.5. The lowest BCUT2D eigenvalue weighted by molar-refractivity contribution is 0.258. The van der Waals surface area contributed by atoms with Gasteiger partial charge in [0.05, 0.1) is 0 Å². The molecule has 0 N–H and O–H groups in total. The molecule has 0 bridgehead atoms. The summed E-state index contributed by atoms with van der Waals surface area (Å²) in [6.45, 7) is 16.3. The maximum atomic E-state index is 4.93. The fraction of sp³-hybridized carbons (Fsp3) is 0.714. The second-order valence-corrected chi connectivity index (χ2v) is 10.2. The zero-order valence-corrected chi connectivity index (χ0v) is 20.8. The average molecular weight is 454 g/mol. The Morgan fingerprint density at radius 1 is 1.10 bits per heavy atom. The van der Waals surface area contributed by atoms with Crippen molar-refractivity contribution in [1.29, 1.82) is 0 Å². The van der Waals surface area contributed by atoms with E-state index in [1.807, 2.05) is 11.6 Å². The molecule has 0 aliphatic carbocycles. The van der Waals surface area contributed by atoms with E-state index in [1.165, 1.54) is 0 Å². The summed E-state index contributed by atoms with van der Waals surface area (Å²) >= 11 is 1.78. The van der Waals surface area contributed by atoms with Gasteiger partial charge in [0, 0.05) is 56.2 Å². The third-order valence-electron chi connectivity index (χ3n) is 5.21. The van der Waals surface area contributed by atoms with Gasteiger partial charge in [0.1, 0.15) is 18.0 Å². The van der Waals surface area contributed by atoms with Gasteiger partial charge in [-0.15, -0.1) is 22.6 Å². The summed E-state index contributed by atoms with van der Waals surface area (Å²) in [5, 5.41) is 9.06. The van der Waals surface area contributed by atoms with Crippen LogP contribution in [0.4, 0.5) is 5.82 Å². The van der Waals surface area contributed by atoms with Crippen LogP contribution >= 0.6 is 24.2 Å². The van der Waals surface area contributed by atoms with E-state index in [0.717, 1.165) is 67.4 Å². The Bertz CT molecular complexity index is 795. The second kappa shape index (κ2) is 10.8. The molecular formula is C21H36ClN7S. The number of hydrogen-bond donors (Lipinski definition) is 0. The summed E-state index contributed by atoms with van der Waals surface area (Å²) in [6, 6.07) is 2.19. The molecule has 7 nitrogen and oxygen atoms in total. The van der Waals surface area contributed by atoms with E-state index in [4.69, 9.17) is 9.97 Å². The summed E-state index contributed by atoms with van der Waals surface area (Å²) in [5.41, 5.74) is 1.10. The first kappa shape index (κ1) is 24.9. The molecule has 0 aromatic carbocycles. The third-order valence-corrected chi connectivity index (χ3v) is 6.33. The standard InChI is InChI=1S/C21H35N7S.ClH/c1-16(2)17-14-18(24-19(23-17)21(3,4)5)28-11-9-27(10-12-28)8-7-13-29-20-25-22-15-26(20)6;/h14-16H,7-13H2,1-6H3;1H. The molecule has 9 heteroatoms. The van der Waals surface area contributed by atoms with Crippen LogP contribution in [0, 0.1) is 0 Å². The first-order valence-electron chi connectivity index (χ1n) is 10.6. The van der Waals surface area contributed by atoms with E-state index in [9.17, 15) is 0 Å². The van der Waals surface area contributed by atoms with E-state index in [1.54, 1.807) is 18.1 Å². The van der Waals surface area contributed by atoms with Crippen molar-refractivity contribution in [1.82, 2.24) is 29.6 Å². The molecule has 1 saturated heterocycles. The van der Waals surface area contributed by atoms with Gasteiger partial charge >= 0.3 is 0 Å². The predicted octanol–water partition coefficient (Wildman–Crippen LogP) is 3.75. The van der Waals surface area contributed by atoms with Gasteiger partial charge in [-0.1, -0.05) is 46.4 Å². The molecule has 1 fully saturated rings. The summed E-state index contributed by atoms with van der Waals surface area (Å²) in [4.78, 5) is 14.7. The smallest absolute Gasteiger partial charge is 0.190 e. The number of halogens is 1. The molecular weight excluding hydrogens is 418 g/mol. The van der Waals surface area contributed by atoms with Gasteiger partial charge < -0.3 is 9.47 Å². The van der Waals surface area contributed by atoms with Gasteiger partial charge in [-0.05, 0) is 18.9 Å². The third kappa shape index (κ3) is 6.56. The maximum Gasteiger partial charge on any atom is 0.190 e. The molecule has 0 radical (unpaired) electrons. The number of nitrogens with zero attached hydrogens (tertiary/aromatic N) is 7. The van der Waals surface area contributed by atoms with Crippen LogP contribution in [-0.4, -0.2) is 68.1 Å². The molecule has 0 amide bonds. The maximum absolute atomic E-state index is 4.93. The molecule has 3 rings (SSSR count). The first-order chi connectivity index (χ1) is 13.7. The summed E-state index contributed by atoms with van der Waals surface area (Å²) in [6.07, 6.45) is 2.92. The highest BCUT2D eigenvalue weighted by molar-refractivity contribution is 7.99. The largest absolute Gasteiger partial charge is 0.354 e. The normalized spacial score (nSPS) is 15.5. The van der Waals surface area contributed by atoms with Crippen LogP contribution in [0.25, 0.3) is 0 Å². The number of aryl methyl sites for hydroxylation is 1. The van der Waals surface area contributed by atoms with Gasteiger partial charge in [0.2, 0.25) is 0 Å². The van der Waals surface area contributed by atoms with Crippen molar-refractivity contribution in [2.45, 2.75) is 57.5 Å². The van der Waals surface area contributed by atoms with Crippen molar-refractivity contribution in [2.24, 2.45) is 7.05 Å². The van der Waals surface area contributed by atoms with Crippen LogP contribution in [0.5, 0.6) is 0 Å². The summed E-state index contributed by atoms with van der Waals surface area (Å²) < 4.78 is 1.97. The van der Waals surface area contributed by atoms with E-state index >= 15 is 0 Å². The van der Waals surface area contributed by atoms with Crippen LogP contribution in [0.2, 0.25) is 0 Å². The van der Waals surface area contributed by atoms with E-state index in [2.05, 4.69) is 60.7 Å². The Labute approximate surface area is 191 Å². The van der Waals surface area contributed by atoms with Crippen molar-refractivity contribution in [3.8, 4) is 0 Å². The fourth-order valence-corrected chi connectivity index (χ4v) is 4.11. The Morgan fingerprint density at radius 3 is 2.37 bits per heavy atom. The number of rotatable bonds is 7. The van der Waals surface area contributed by atoms with E-state index in [-0.39, 0.29) is 17.8 Å². The van der Waals surface area contributed by atoms with Crippen LogP contribution in [0.15, 0.2) is 17.6 Å². The number of anilines is 1. The zero-order valence-electron chi connectivity index (χ0n) is 19.1. The molecule has 0 saturated carbocycles. The highest BCUT2D eigenvalue weighted by Crippen LogP contribution is 2.26. The first-order valence-corrected chi connectivity index (χ1v) is 11.6. The van der Waals surface area contributed by atoms with Crippen molar-refractivity contribution in [3.63, 3.8) is 0 Å². The molecule has 3 heterocycles. The van der Waals surface area contributed by atoms with E-state index < -0.39 is 0 Å². The van der Waals surface area contributed by atoms with Crippen molar-refractivity contribution in [3.05, 3.63) is 23.9 Å². The zero-order chi connectivity index (χ0) is 21.0. The Balaban J connectivity index is 0.00000320. The van der Waals surface area contributed by atoms with Crippen LogP contribution < -0.4 is 4.90 Å². The van der Waals surface area contributed by atoms with Gasteiger partial charge in [0.25, 0.3) is 0 Å². The lowest BCUT2D eigenvalue weighted by Crippen LogP contribution is -2.47. The minimum atomic E-state index is -0.0398. The van der Waals surface area contributed by atoms with E-state index in [0.29, 0.717) is 5.92 Å². The number of hydrogen-bond acceptors (Lipinski definition) is 7. The monoisotopic (exact) mass is 453 g/mol. The number of piperazine rings is 1. The number of aromatic nitrogens is 5. The Kier molecular flexibility index (Phi) is 8.94. The van der Waals surface area contributed by atoms with Crippen LogP contribution in [0.1, 0.15) is 58.5 Å². The summed E-state index contributed by atoms with van der Waals surface area (Å²) in [7, 11) is 1.99. The average Bonchev–Trinajstić information content (AvgIpc) is 3.09. The molecule has 2 aromatic rings.